The van der Waals surface area contributed by atoms with Gasteiger partial charge in [-0.1, -0.05) is 0 Å². The summed E-state index contributed by atoms with van der Waals surface area (Å²) in [6, 6.07) is 0. The third-order valence-corrected chi connectivity index (χ3v) is 0.348. The lowest BCUT2D eigenvalue weighted by Gasteiger charge is -1.89. The minimum Gasteiger partial charge on any atom is -0.466 e. The summed E-state index contributed by atoms with van der Waals surface area (Å²) in [4.78, 5) is 19.0. The lowest BCUT2D eigenvalue weighted by Crippen LogP contribution is -2.01. The van der Waals surface area contributed by atoms with Gasteiger partial charge >= 0.3 is 5.97 Å². The zero-order chi connectivity index (χ0) is 8.57. The van der Waals surface area contributed by atoms with Gasteiger partial charge in [-0.15, -0.1) is 0 Å². The smallest absolute Gasteiger partial charge is 0.302 e. The fourth-order valence-electron chi connectivity index (χ4n) is 0.203. The van der Waals surface area contributed by atoms with Crippen LogP contribution in [-0.2, 0) is 14.3 Å². The predicted octanol–water partition coefficient (Wildman–Crippen LogP) is 0.0610. The van der Waals surface area contributed by atoms with Gasteiger partial charge in [-0.2, -0.15) is 0 Å². The Bertz CT molecular complexity index is 108. The van der Waals surface area contributed by atoms with E-state index in [-0.39, 0.29) is 11.9 Å². The molecule has 0 aromatic rings. The highest BCUT2D eigenvalue weighted by molar-refractivity contribution is 5.70. The van der Waals surface area contributed by atoms with Crippen molar-refractivity contribution in [2.45, 2.75) is 20.8 Å². The maximum atomic E-state index is 9.82. The Balaban J connectivity index is 0. The second-order valence-corrected chi connectivity index (χ2v) is 1.54. The average molecular weight is 147 g/mol. The summed E-state index contributed by atoms with van der Waals surface area (Å²) in [7, 11) is 0. The summed E-state index contributed by atoms with van der Waals surface area (Å²) in [6.07, 6.45) is 0. The van der Waals surface area contributed by atoms with Crippen LogP contribution in [0.2, 0.25) is 0 Å². The van der Waals surface area contributed by atoms with E-state index in [9.17, 15) is 9.59 Å². The van der Waals surface area contributed by atoms with Gasteiger partial charge in [0.05, 0.1) is 6.61 Å². The maximum Gasteiger partial charge on any atom is 0.302 e. The molecule has 2 N–H and O–H groups in total. The highest BCUT2D eigenvalue weighted by Crippen LogP contribution is 1.69. The largest absolute Gasteiger partial charge is 0.466 e. The number of esters is 1. The SMILES string of the molecule is CC(N)=O.CCOC(C)=O. The molecule has 0 saturated heterocycles. The van der Waals surface area contributed by atoms with Gasteiger partial charge in [0.25, 0.3) is 0 Å². The molecule has 0 unspecified atom stereocenters. The molecular formula is C6H13NO3. The number of ether oxygens (including phenoxy) is 1. The number of carbonyl (C=O) groups excluding carboxylic acids is 2. The van der Waals surface area contributed by atoms with Crippen LogP contribution < -0.4 is 5.73 Å². The van der Waals surface area contributed by atoms with Crippen molar-refractivity contribution in [3.05, 3.63) is 0 Å². The van der Waals surface area contributed by atoms with Gasteiger partial charge in [-0.25, -0.2) is 0 Å². The molecule has 4 nitrogen and oxygen atoms in total. The summed E-state index contributed by atoms with van der Waals surface area (Å²) in [5.74, 6) is -0.544. The van der Waals surface area contributed by atoms with Crippen LogP contribution in [0.15, 0.2) is 0 Å². The van der Waals surface area contributed by atoms with Gasteiger partial charge < -0.3 is 10.5 Å². The molecule has 0 aliphatic heterocycles. The molecule has 0 aromatic heterocycles. The highest BCUT2D eigenvalue weighted by atomic mass is 16.5. The number of carbonyl (C=O) groups is 2. The van der Waals surface area contributed by atoms with Crippen LogP contribution in [0.5, 0.6) is 0 Å². The fraction of sp³-hybridized carbons (Fsp3) is 0.667. The van der Waals surface area contributed by atoms with Crippen LogP contribution >= 0.6 is 0 Å². The molecule has 0 bridgehead atoms. The topological polar surface area (TPSA) is 69.4 Å². The molecule has 0 rings (SSSR count). The van der Waals surface area contributed by atoms with E-state index in [2.05, 4.69) is 10.5 Å². The Morgan fingerprint density at radius 1 is 1.40 bits per heavy atom. The summed E-state index contributed by atoms with van der Waals surface area (Å²) in [5, 5.41) is 0. The molecule has 4 heteroatoms. The quantitative estimate of drug-likeness (QED) is 0.533. The summed E-state index contributed by atoms with van der Waals surface area (Å²) < 4.78 is 4.40. The molecule has 0 heterocycles. The van der Waals surface area contributed by atoms with Crippen LogP contribution in [0, 0.1) is 0 Å². The monoisotopic (exact) mass is 147 g/mol. The number of hydrogen-bond acceptors (Lipinski definition) is 3. The first-order valence-corrected chi connectivity index (χ1v) is 2.90. The molecule has 0 aliphatic rings. The van der Waals surface area contributed by atoms with Crippen LogP contribution in [0.3, 0.4) is 0 Å². The van der Waals surface area contributed by atoms with E-state index in [0.717, 1.165) is 0 Å². The normalized spacial score (nSPS) is 7.10. The molecule has 0 saturated carbocycles. The summed E-state index contributed by atoms with van der Waals surface area (Å²) in [5.41, 5.74) is 4.47. The van der Waals surface area contributed by atoms with E-state index in [1.165, 1.54) is 13.8 Å². The van der Waals surface area contributed by atoms with Crippen LogP contribution in [-0.4, -0.2) is 18.5 Å². The highest BCUT2D eigenvalue weighted by Gasteiger charge is 1.81. The predicted molar refractivity (Wildman–Crippen MR) is 37.2 cm³/mol. The third-order valence-electron chi connectivity index (χ3n) is 0.348. The standard InChI is InChI=1S/C4H8O2.C2H5NO/c1-3-6-4(2)5;1-2(3)4/h3H2,1-2H3;1H3,(H2,3,4). The molecular weight excluding hydrogens is 134 g/mol. The first-order valence-electron chi connectivity index (χ1n) is 2.90. The second-order valence-electron chi connectivity index (χ2n) is 1.54. The van der Waals surface area contributed by atoms with E-state index in [1.807, 2.05) is 0 Å². The van der Waals surface area contributed by atoms with E-state index in [1.54, 1.807) is 6.92 Å². The lowest BCUT2D eigenvalue weighted by atomic mass is 10.8. The van der Waals surface area contributed by atoms with Crippen molar-refractivity contribution in [1.82, 2.24) is 0 Å². The van der Waals surface area contributed by atoms with Crippen molar-refractivity contribution in [3.8, 4) is 0 Å². The van der Waals surface area contributed by atoms with Crippen LogP contribution in [0.4, 0.5) is 0 Å². The Morgan fingerprint density at radius 3 is 1.70 bits per heavy atom. The number of nitrogens with two attached hydrogens (primary N) is 1. The lowest BCUT2D eigenvalue weighted by molar-refractivity contribution is -0.140. The molecule has 0 atom stereocenters. The molecule has 0 aliphatic carbocycles. The molecule has 60 valence electrons. The summed E-state index contributed by atoms with van der Waals surface area (Å²) >= 11 is 0. The van der Waals surface area contributed by atoms with Crippen molar-refractivity contribution in [3.63, 3.8) is 0 Å². The first-order chi connectivity index (χ1) is 4.50. The second kappa shape index (κ2) is 7.94. The number of primary amides is 1. The first kappa shape index (κ1) is 11.7. The van der Waals surface area contributed by atoms with Gasteiger partial charge in [0.2, 0.25) is 5.91 Å². The van der Waals surface area contributed by atoms with Crippen molar-refractivity contribution in [1.29, 1.82) is 0 Å². The van der Waals surface area contributed by atoms with Crippen molar-refractivity contribution >= 4 is 11.9 Å². The minimum absolute atomic E-state index is 0.211. The van der Waals surface area contributed by atoms with Crippen molar-refractivity contribution < 1.29 is 14.3 Å². The maximum absolute atomic E-state index is 9.82. The van der Waals surface area contributed by atoms with Gasteiger partial charge in [0.1, 0.15) is 0 Å². The van der Waals surface area contributed by atoms with E-state index >= 15 is 0 Å². The third kappa shape index (κ3) is 65.1. The summed E-state index contributed by atoms with van der Waals surface area (Å²) in [6.45, 7) is 4.96. The van der Waals surface area contributed by atoms with Gasteiger partial charge in [0, 0.05) is 13.8 Å². The van der Waals surface area contributed by atoms with E-state index in [0.29, 0.717) is 6.61 Å². The van der Waals surface area contributed by atoms with Crippen molar-refractivity contribution in [2.24, 2.45) is 5.73 Å². The zero-order valence-electron chi connectivity index (χ0n) is 6.51. The Hall–Kier alpha value is -1.06. The van der Waals surface area contributed by atoms with Crippen LogP contribution in [0.1, 0.15) is 20.8 Å². The average Bonchev–Trinajstić information content (AvgIpc) is 1.62. The number of hydrogen-bond donors (Lipinski definition) is 1. The van der Waals surface area contributed by atoms with Crippen LogP contribution in [0.25, 0.3) is 0 Å². The Kier molecular flexibility index (Phi) is 9.29. The molecule has 0 radical (unpaired) electrons. The molecule has 0 aromatic carbocycles. The molecule has 1 amide bonds. The zero-order valence-corrected chi connectivity index (χ0v) is 6.51. The fourth-order valence-corrected chi connectivity index (χ4v) is 0.203. The van der Waals surface area contributed by atoms with E-state index < -0.39 is 0 Å². The minimum atomic E-state index is -0.333. The Morgan fingerprint density at radius 2 is 1.70 bits per heavy atom. The number of rotatable bonds is 1. The van der Waals surface area contributed by atoms with Crippen molar-refractivity contribution in [2.75, 3.05) is 6.61 Å². The van der Waals surface area contributed by atoms with Gasteiger partial charge in [0.15, 0.2) is 0 Å². The van der Waals surface area contributed by atoms with Gasteiger partial charge in [-0.05, 0) is 6.92 Å². The molecule has 0 fully saturated rings. The Labute approximate surface area is 60.3 Å². The number of amides is 1. The van der Waals surface area contributed by atoms with E-state index in [4.69, 9.17) is 0 Å². The van der Waals surface area contributed by atoms with Gasteiger partial charge in [-0.3, -0.25) is 9.59 Å². The molecule has 10 heavy (non-hydrogen) atoms. The molecule has 0 spiro atoms.